The SMILES string of the molecule is COc1ccc([C@@H](C)N[C@@H](C(N)=O)c2ccccc2)cc1F. The number of methoxy groups -OCH3 is 1. The van der Waals surface area contributed by atoms with Gasteiger partial charge in [-0.1, -0.05) is 36.4 Å². The number of primary amides is 1. The van der Waals surface area contributed by atoms with Crippen molar-refractivity contribution < 1.29 is 13.9 Å². The van der Waals surface area contributed by atoms with E-state index in [9.17, 15) is 9.18 Å². The van der Waals surface area contributed by atoms with Crippen LogP contribution in [0.2, 0.25) is 0 Å². The number of amides is 1. The molecule has 0 spiro atoms. The van der Waals surface area contributed by atoms with Gasteiger partial charge in [-0.05, 0) is 30.2 Å². The molecule has 22 heavy (non-hydrogen) atoms. The lowest BCUT2D eigenvalue weighted by Gasteiger charge is -2.22. The second-order valence-corrected chi connectivity index (χ2v) is 5.03. The summed E-state index contributed by atoms with van der Waals surface area (Å²) in [6.07, 6.45) is 0. The van der Waals surface area contributed by atoms with Crippen molar-refractivity contribution in [2.75, 3.05) is 7.11 Å². The molecule has 5 heteroatoms. The molecule has 0 fully saturated rings. The molecule has 2 aromatic rings. The van der Waals surface area contributed by atoms with Crippen molar-refractivity contribution in [1.29, 1.82) is 0 Å². The zero-order valence-electron chi connectivity index (χ0n) is 12.5. The van der Waals surface area contributed by atoms with E-state index in [4.69, 9.17) is 10.5 Å². The number of nitrogens with one attached hydrogen (secondary N) is 1. The second kappa shape index (κ2) is 7.04. The number of carbonyl (C=O) groups is 1. The van der Waals surface area contributed by atoms with Crippen LogP contribution in [0.25, 0.3) is 0 Å². The molecule has 2 atom stereocenters. The van der Waals surface area contributed by atoms with Crippen LogP contribution < -0.4 is 15.8 Å². The Kier molecular flexibility index (Phi) is 5.12. The Hall–Kier alpha value is -2.40. The van der Waals surface area contributed by atoms with Gasteiger partial charge in [0, 0.05) is 6.04 Å². The molecule has 4 nitrogen and oxygen atoms in total. The molecule has 0 aliphatic heterocycles. The van der Waals surface area contributed by atoms with Crippen LogP contribution in [0.3, 0.4) is 0 Å². The first-order valence-electron chi connectivity index (χ1n) is 6.96. The third-order valence-electron chi connectivity index (χ3n) is 3.51. The number of benzene rings is 2. The summed E-state index contributed by atoms with van der Waals surface area (Å²) in [5, 5.41) is 3.13. The van der Waals surface area contributed by atoms with Crippen molar-refractivity contribution in [1.82, 2.24) is 5.32 Å². The van der Waals surface area contributed by atoms with Gasteiger partial charge < -0.3 is 10.5 Å². The van der Waals surface area contributed by atoms with Gasteiger partial charge in [0.25, 0.3) is 0 Å². The Morgan fingerprint density at radius 3 is 2.41 bits per heavy atom. The molecule has 0 aromatic heterocycles. The minimum Gasteiger partial charge on any atom is -0.494 e. The highest BCUT2D eigenvalue weighted by Gasteiger charge is 2.20. The van der Waals surface area contributed by atoms with E-state index < -0.39 is 17.8 Å². The number of rotatable bonds is 6. The zero-order chi connectivity index (χ0) is 16.1. The highest BCUT2D eigenvalue weighted by atomic mass is 19.1. The summed E-state index contributed by atoms with van der Waals surface area (Å²) in [6.45, 7) is 1.85. The van der Waals surface area contributed by atoms with Crippen LogP contribution in [0, 0.1) is 5.82 Å². The number of hydrogen-bond acceptors (Lipinski definition) is 3. The normalized spacial score (nSPS) is 13.4. The standard InChI is InChI=1S/C17H19FN2O2/c1-11(13-8-9-15(22-2)14(18)10-13)20-16(17(19)21)12-6-4-3-5-7-12/h3-11,16,20H,1-2H3,(H2,19,21)/t11-,16-/m1/s1. The van der Waals surface area contributed by atoms with Gasteiger partial charge in [-0.3, -0.25) is 10.1 Å². The number of ether oxygens (including phenoxy) is 1. The molecule has 0 aliphatic rings. The van der Waals surface area contributed by atoms with Gasteiger partial charge in [0.05, 0.1) is 7.11 Å². The average Bonchev–Trinajstić information content (AvgIpc) is 2.52. The van der Waals surface area contributed by atoms with Gasteiger partial charge in [-0.25, -0.2) is 4.39 Å². The van der Waals surface area contributed by atoms with Gasteiger partial charge in [-0.15, -0.1) is 0 Å². The number of carbonyl (C=O) groups excluding carboxylic acids is 1. The Labute approximate surface area is 129 Å². The Morgan fingerprint density at radius 1 is 1.18 bits per heavy atom. The summed E-state index contributed by atoms with van der Waals surface area (Å²) in [7, 11) is 1.41. The molecule has 0 heterocycles. The summed E-state index contributed by atoms with van der Waals surface area (Å²) >= 11 is 0. The summed E-state index contributed by atoms with van der Waals surface area (Å²) < 4.78 is 18.7. The fourth-order valence-electron chi connectivity index (χ4n) is 2.29. The lowest BCUT2D eigenvalue weighted by atomic mass is 10.0. The first kappa shape index (κ1) is 16.0. The second-order valence-electron chi connectivity index (χ2n) is 5.03. The first-order chi connectivity index (χ1) is 10.5. The van der Waals surface area contributed by atoms with Gasteiger partial charge >= 0.3 is 0 Å². The molecule has 0 aliphatic carbocycles. The molecule has 0 unspecified atom stereocenters. The van der Waals surface area contributed by atoms with Gasteiger partial charge in [0.15, 0.2) is 11.6 Å². The van der Waals surface area contributed by atoms with E-state index in [1.165, 1.54) is 13.2 Å². The monoisotopic (exact) mass is 302 g/mol. The lowest BCUT2D eigenvalue weighted by molar-refractivity contribution is -0.120. The summed E-state index contributed by atoms with van der Waals surface area (Å²) in [6, 6.07) is 13.0. The maximum absolute atomic E-state index is 13.8. The summed E-state index contributed by atoms with van der Waals surface area (Å²) in [5.41, 5.74) is 6.96. The predicted octanol–water partition coefficient (Wildman–Crippen LogP) is 2.71. The van der Waals surface area contributed by atoms with Crippen LogP contribution in [0.1, 0.15) is 30.1 Å². The van der Waals surface area contributed by atoms with Crippen molar-refractivity contribution in [3.63, 3.8) is 0 Å². The van der Waals surface area contributed by atoms with Crippen LogP contribution in [0.4, 0.5) is 4.39 Å². The van der Waals surface area contributed by atoms with Crippen LogP contribution in [-0.2, 0) is 4.79 Å². The molecule has 0 saturated carbocycles. The van der Waals surface area contributed by atoms with Crippen LogP contribution in [0.15, 0.2) is 48.5 Å². The predicted molar refractivity (Wildman–Crippen MR) is 82.9 cm³/mol. The largest absolute Gasteiger partial charge is 0.494 e. The number of nitrogens with two attached hydrogens (primary N) is 1. The Balaban J connectivity index is 2.20. The van der Waals surface area contributed by atoms with E-state index in [0.717, 1.165) is 5.56 Å². The summed E-state index contributed by atoms with van der Waals surface area (Å²) in [4.78, 5) is 11.7. The maximum atomic E-state index is 13.8. The van der Waals surface area contributed by atoms with Gasteiger partial charge in [-0.2, -0.15) is 0 Å². The highest BCUT2D eigenvalue weighted by Crippen LogP contribution is 2.24. The van der Waals surface area contributed by atoms with Crippen LogP contribution in [0.5, 0.6) is 5.75 Å². The Bertz CT molecular complexity index is 646. The third kappa shape index (κ3) is 3.62. The fraction of sp³-hybridized carbons (Fsp3) is 0.235. The first-order valence-corrected chi connectivity index (χ1v) is 6.96. The number of halogens is 1. The van der Waals surface area contributed by atoms with E-state index >= 15 is 0 Å². The highest BCUT2D eigenvalue weighted by molar-refractivity contribution is 5.81. The van der Waals surface area contributed by atoms with Crippen molar-refractivity contribution in [2.45, 2.75) is 19.0 Å². The average molecular weight is 302 g/mol. The van der Waals surface area contributed by atoms with E-state index in [2.05, 4.69) is 5.32 Å². The van der Waals surface area contributed by atoms with Gasteiger partial charge in [0.2, 0.25) is 5.91 Å². The molecule has 116 valence electrons. The van der Waals surface area contributed by atoms with Crippen molar-refractivity contribution >= 4 is 5.91 Å². The molecule has 0 saturated heterocycles. The maximum Gasteiger partial charge on any atom is 0.239 e. The van der Waals surface area contributed by atoms with Crippen LogP contribution >= 0.6 is 0 Å². The Morgan fingerprint density at radius 2 is 1.86 bits per heavy atom. The molecule has 3 N–H and O–H groups in total. The quantitative estimate of drug-likeness (QED) is 0.862. The van der Waals surface area contributed by atoms with Gasteiger partial charge in [0.1, 0.15) is 6.04 Å². The van der Waals surface area contributed by atoms with Crippen molar-refractivity contribution in [2.24, 2.45) is 5.73 Å². The molecule has 0 bridgehead atoms. The van der Waals surface area contributed by atoms with E-state index in [1.807, 2.05) is 37.3 Å². The topological polar surface area (TPSA) is 64.3 Å². The van der Waals surface area contributed by atoms with Crippen molar-refractivity contribution in [3.8, 4) is 5.75 Å². The minimum atomic E-state index is -0.638. The molecule has 1 amide bonds. The third-order valence-corrected chi connectivity index (χ3v) is 3.51. The molecule has 2 rings (SSSR count). The number of hydrogen-bond donors (Lipinski definition) is 2. The molecule has 0 radical (unpaired) electrons. The summed E-state index contributed by atoms with van der Waals surface area (Å²) in [5.74, 6) is -0.735. The van der Waals surface area contributed by atoms with E-state index in [-0.39, 0.29) is 11.8 Å². The van der Waals surface area contributed by atoms with Crippen molar-refractivity contribution in [3.05, 3.63) is 65.5 Å². The minimum absolute atomic E-state index is 0.186. The lowest BCUT2D eigenvalue weighted by Crippen LogP contribution is -2.35. The molecular formula is C17H19FN2O2. The fourth-order valence-corrected chi connectivity index (χ4v) is 2.29. The smallest absolute Gasteiger partial charge is 0.239 e. The zero-order valence-corrected chi connectivity index (χ0v) is 12.5. The van der Waals surface area contributed by atoms with Crippen LogP contribution in [-0.4, -0.2) is 13.0 Å². The van der Waals surface area contributed by atoms with E-state index in [0.29, 0.717) is 5.56 Å². The van der Waals surface area contributed by atoms with E-state index in [1.54, 1.807) is 12.1 Å². The molecule has 2 aromatic carbocycles. The molecular weight excluding hydrogens is 283 g/mol.